The van der Waals surface area contributed by atoms with E-state index in [1.807, 2.05) is 54.2 Å². The van der Waals surface area contributed by atoms with Crippen LogP contribution in [0, 0.1) is 0 Å². The number of carbonyl (C=O) groups excluding carboxylic acids is 1. The molecule has 1 amide bonds. The Morgan fingerprint density at radius 3 is 2.50 bits per heavy atom. The molecule has 1 aliphatic rings. The summed E-state index contributed by atoms with van der Waals surface area (Å²) in [6.07, 6.45) is 2.25. The van der Waals surface area contributed by atoms with E-state index in [0.29, 0.717) is 6.04 Å². The number of likely N-dealkylation sites (N-methyl/N-ethyl adjacent to an activating group) is 1. The number of likely N-dealkylation sites (tertiary alicyclic amines) is 1. The Balaban J connectivity index is 2.23. The molecule has 0 bridgehead atoms. The van der Waals surface area contributed by atoms with Crippen LogP contribution < -0.4 is 0 Å². The second-order valence-electron chi connectivity index (χ2n) is 5.30. The molecule has 1 fully saturated rings. The van der Waals surface area contributed by atoms with Gasteiger partial charge < -0.3 is 4.90 Å². The van der Waals surface area contributed by atoms with E-state index in [2.05, 4.69) is 6.92 Å². The Morgan fingerprint density at radius 2 is 2.00 bits per heavy atom. The first-order valence-electron chi connectivity index (χ1n) is 6.63. The predicted octanol–water partition coefficient (Wildman–Crippen LogP) is 2.30. The second-order valence-corrected chi connectivity index (χ2v) is 5.30. The molecule has 0 saturated carbocycles. The molecule has 18 heavy (non-hydrogen) atoms. The average molecular weight is 246 g/mol. The lowest BCUT2D eigenvalue weighted by Crippen LogP contribution is -2.42. The van der Waals surface area contributed by atoms with Crippen molar-refractivity contribution in [2.24, 2.45) is 0 Å². The van der Waals surface area contributed by atoms with Gasteiger partial charge in [-0.3, -0.25) is 9.69 Å². The van der Waals surface area contributed by atoms with Crippen LogP contribution in [0.4, 0.5) is 0 Å². The summed E-state index contributed by atoms with van der Waals surface area (Å²) < 4.78 is 0. The molecule has 1 saturated heterocycles. The first kappa shape index (κ1) is 13.1. The molecule has 98 valence electrons. The molecule has 3 heteroatoms. The molecule has 0 aliphatic carbocycles. The summed E-state index contributed by atoms with van der Waals surface area (Å²) in [5, 5.41) is 0. The van der Waals surface area contributed by atoms with Gasteiger partial charge in [0.2, 0.25) is 5.91 Å². The van der Waals surface area contributed by atoms with Crippen molar-refractivity contribution in [3.63, 3.8) is 0 Å². The Hall–Kier alpha value is -1.35. The lowest BCUT2D eigenvalue weighted by molar-refractivity contribution is -0.136. The number of rotatable bonds is 3. The summed E-state index contributed by atoms with van der Waals surface area (Å²) in [5.41, 5.74) is 1.08. The lowest BCUT2D eigenvalue weighted by Gasteiger charge is -2.30. The maximum absolute atomic E-state index is 12.7. The number of amides is 1. The third-order valence-electron chi connectivity index (χ3n) is 3.70. The predicted molar refractivity (Wildman–Crippen MR) is 73.3 cm³/mol. The lowest BCUT2D eigenvalue weighted by atomic mass is 10.0. The van der Waals surface area contributed by atoms with Gasteiger partial charge in [0.1, 0.15) is 6.04 Å². The molecule has 0 radical (unpaired) electrons. The van der Waals surface area contributed by atoms with Crippen LogP contribution in [-0.4, -0.2) is 42.4 Å². The van der Waals surface area contributed by atoms with Gasteiger partial charge in [-0.25, -0.2) is 0 Å². The van der Waals surface area contributed by atoms with Crippen LogP contribution in [0.2, 0.25) is 0 Å². The molecule has 1 heterocycles. The summed E-state index contributed by atoms with van der Waals surface area (Å²) in [6, 6.07) is 10.3. The van der Waals surface area contributed by atoms with Gasteiger partial charge >= 0.3 is 0 Å². The molecule has 0 N–H and O–H groups in total. The smallest absolute Gasteiger partial charge is 0.244 e. The van der Waals surface area contributed by atoms with Crippen LogP contribution in [0.25, 0.3) is 0 Å². The number of benzene rings is 1. The first-order valence-corrected chi connectivity index (χ1v) is 6.63. The van der Waals surface area contributed by atoms with Gasteiger partial charge in [0.25, 0.3) is 0 Å². The molecular formula is C15H22N2O. The summed E-state index contributed by atoms with van der Waals surface area (Å²) in [7, 11) is 3.94. The van der Waals surface area contributed by atoms with E-state index in [1.165, 1.54) is 0 Å². The summed E-state index contributed by atoms with van der Waals surface area (Å²) >= 11 is 0. The van der Waals surface area contributed by atoms with E-state index in [-0.39, 0.29) is 11.9 Å². The summed E-state index contributed by atoms with van der Waals surface area (Å²) in [4.78, 5) is 16.7. The highest BCUT2D eigenvalue weighted by molar-refractivity contribution is 5.83. The fraction of sp³-hybridized carbons (Fsp3) is 0.533. The Bertz CT molecular complexity index is 402. The van der Waals surface area contributed by atoms with Crippen molar-refractivity contribution >= 4 is 5.91 Å². The van der Waals surface area contributed by atoms with Gasteiger partial charge in [0.05, 0.1) is 0 Å². The highest BCUT2D eigenvalue weighted by Gasteiger charge is 2.32. The zero-order chi connectivity index (χ0) is 13.1. The van der Waals surface area contributed by atoms with Crippen LogP contribution >= 0.6 is 0 Å². The van der Waals surface area contributed by atoms with E-state index in [1.54, 1.807) is 0 Å². The van der Waals surface area contributed by atoms with Gasteiger partial charge in [-0.2, -0.15) is 0 Å². The zero-order valence-corrected chi connectivity index (χ0v) is 11.5. The van der Waals surface area contributed by atoms with Crippen molar-refractivity contribution in [2.75, 3.05) is 20.6 Å². The summed E-state index contributed by atoms with van der Waals surface area (Å²) in [6.45, 7) is 3.04. The molecular weight excluding hydrogens is 224 g/mol. The molecule has 0 spiro atoms. The van der Waals surface area contributed by atoms with Crippen LogP contribution in [0.1, 0.15) is 31.4 Å². The molecule has 0 unspecified atom stereocenters. The topological polar surface area (TPSA) is 23.6 Å². The standard InChI is InChI=1S/C15H22N2O/c1-12-8-7-11-17(12)15(18)14(16(2)3)13-9-5-4-6-10-13/h4-6,9-10,12,14H,7-8,11H2,1-3H3/t12-,14-/m1/s1. The first-order chi connectivity index (χ1) is 8.61. The number of hydrogen-bond acceptors (Lipinski definition) is 2. The quantitative estimate of drug-likeness (QED) is 0.817. The third-order valence-corrected chi connectivity index (χ3v) is 3.70. The van der Waals surface area contributed by atoms with Gasteiger partial charge in [-0.1, -0.05) is 30.3 Å². The normalized spacial score (nSPS) is 21.3. The van der Waals surface area contributed by atoms with E-state index in [0.717, 1.165) is 24.9 Å². The van der Waals surface area contributed by atoms with Crippen molar-refractivity contribution in [1.29, 1.82) is 0 Å². The van der Waals surface area contributed by atoms with E-state index < -0.39 is 0 Å². The minimum absolute atomic E-state index is 0.160. The van der Waals surface area contributed by atoms with Crippen molar-refractivity contribution in [3.8, 4) is 0 Å². The van der Waals surface area contributed by atoms with E-state index in [9.17, 15) is 4.79 Å². The van der Waals surface area contributed by atoms with Gasteiger partial charge in [0.15, 0.2) is 0 Å². The Kier molecular flexibility index (Phi) is 4.02. The largest absolute Gasteiger partial charge is 0.338 e. The Morgan fingerprint density at radius 1 is 1.33 bits per heavy atom. The van der Waals surface area contributed by atoms with Crippen LogP contribution in [0.15, 0.2) is 30.3 Å². The number of nitrogens with zero attached hydrogens (tertiary/aromatic N) is 2. The monoisotopic (exact) mass is 246 g/mol. The molecule has 0 aromatic heterocycles. The molecule has 1 aliphatic heterocycles. The fourth-order valence-electron chi connectivity index (χ4n) is 2.71. The van der Waals surface area contributed by atoms with Gasteiger partial charge in [0, 0.05) is 12.6 Å². The molecule has 2 atom stereocenters. The second kappa shape index (κ2) is 5.53. The van der Waals surface area contributed by atoms with Gasteiger partial charge in [-0.15, -0.1) is 0 Å². The van der Waals surface area contributed by atoms with Crippen LogP contribution in [-0.2, 0) is 4.79 Å². The third kappa shape index (κ3) is 2.56. The highest BCUT2D eigenvalue weighted by Crippen LogP contribution is 2.25. The van der Waals surface area contributed by atoms with Crippen LogP contribution in [0.5, 0.6) is 0 Å². The maximum atomic E-state index is 12.7. The molecule has 2 rings (SSSR count). The number of carbonyl (C=O) groups is 1. The molecule has 3 nitrogen and oxygen atoms in total. The van der Waals surface area contributed by atoms with Gasteiger partial charge in [-0.05, 0) is 39.4 Å². The van der Waals surface area contributed by atoms with Crippen molar-refractivity contribution < 1.29 is 4.79 Å². The van der Waals surface area contributed by atoms with E-state index in [4.69, 9.17) is 0 Å². The van der Waals surface area contributed by atoms with Crippen molar-refractivity contribution in [3.05, 3.63) is 35.9 Å². The maximum Gasteiger partial charge on any atom is 0.244 e. The average Bonchev–Trinajstić information content (AvgIpc) is 2.76. The fourth-order valence-corrected chi connectivity index (χ4v) is 2.71. The van der Waals surface area contributed by atoms with E-state index >= 15 is 0 Å². The Labute approximate surface area is 109 Å². The molecule has 1 aromatic rings. The summed E-state index contributed by atoms with van der Waals surface area (Å²) in [5.74, 6) is 0.233. The van der Waals surface area contributed by atoms with Crippen molar-refractivity contribution in [2.45, 2.75) is 31.8 Å². The van der Waals surface area contributed by atoms with Crippen molar-refractivity contribution in [1.82, 2.24) is 9.80 Å². The number of hydrogen-bond donors (Lipinski definition) is 0. The minimum atomic E-state index is -0.160. The minimum Gasteiger partial charge on any atom is -0.338 e. The van der Waals surface area contributed by atoms with Crippen LogP contribution in [0.3, 0.4) is 0 Å². The zero-order valence-electron chi connectivity index (χ0n) is 11.5. The highest BCUT2D eigenvalue weighted by atomic mass is 16.2. The SMILES string of the molecule is C[C@@H]1CCCN1C(=O)[C@@H](c1ccccc1)N(C)C. The molecule has 1 aromatic carbocycles.